The van der Waals surface area contributed by atoms with Crippen LogP contribution in [0.25, 0.3) is 0 Å². The third-order valence-corrected chi connectivity index (χ3v) is 3.31. The van der Waals surface area contributed by atoms with Gasteiger partial charge < -0.3 is 0 Å². The standard InChI is InChI=1S/C16H15ClN3/c17-16-8-4-7-15(9-16)10-19-12-18-20(13-19)11-14-5-2-1-3-6-14/h1-9,12-13H,10-11H2/q+1. The molecule has 0 N–H and O–H groups in total. The molecule has 3 nitrogen and oxygen atoms in total. The minimum absolute atomic E-state index is 0.764. The molecule has 0 bridgehead atoms. The lowest BCUT2D eigenvalue weighted by Crippen LogP contribution is -2.31. The molecule has 100 valence electrons. The topological polar surface area (TPSA) is 21.7 Å². The summed E-state index contributed by atoms with van der Waals surface area (Å²) in [7, 11) is 0. The molecule has 0 unspecified atom stereocenters. The molecule has 1 heterocycles. The van der Waals surface area contributed by atoms with Crippen LogP contribution in [0.4, 0.5) is 0 Å². The van der Waals surface area contributed by atoms with Gasteiger partial charge in [0.25, 0.3) is 6.33 Å². The van der Waals surface area contributed by atoms with Gasteiger partial charge in [-0.1, -0.05) is 54.1 Å². The number of rotatable bonds is 4. The van der Waals surface area contributed by atoms with Crippen molar-refractivity contribution in [3.05, 3.63) is 83.4 Å². The summed E-state index contributed by atoms with van der Waals surface area (Å²) in [5, 5.41) is 5.14. The second kappa shape index (κ2) is 5.88. The molecule has 2 aromatic carbocycles. The van der Waals surface area contributed by atoms with E-state index in [1.165, 1.54) is 11.1 Å². The van der Waals surface area contributed by atoms with Crippen molar-refractivity contribution in [2.45, 2.75) is 13.1 Å². The molecule has 1 aromatic heterocycles. The summed E-state index contributed by atoms with van der Waals surface area (Å²) in [5.41, 5.74) is 2.41. The van der Waals surface area contributed by atoms with Crippen molar-refractivity contribution in [3.8, 4) is 0 Å². The van der Waals surface area contributed by atoms with Gasteiger partial charge in [-0.2, -0.15) is 0 Å². The van der Waals surface area contributed by atoms with Crippen LogP contribution in [0.3, 0.4) is 0 Å². The number of hydrogen-bond acceptors (Lipinski definition) is 1. The first-order valence-electron chi connectivity index (χ1n) is 6.49. The van der Waals surface area contributed by atoms with Gasteiger partial charge in [-0.3, -0.25) is 0 Å². The Bertz CT molecular complexity index is 692. The number of hydrogen-bond donors (Lipinski definition) is 0. The highest BCUT2D eigenvalue weighted by molar-refractivity contribution is 6.30. The highest BCUT2D eigenvalue weighted by atomic mass is 35.5. The highest BCUT2D eigenvalue weighted by Crippen LogP contribution is 2.10. The third kappa shape index (κ3) is 3.25. The van der Waals surface area contributed by atoms with Crippen molar-refractivity contribution >= 4 is 11.6 Å². The van der Waals surface area contributed by atoms with Crippen LogP contribution in [0.2, 0.25) is 5.02 Å². The van der Waals surface area contributed by atoms with Crippen LogP contribution in [0.1, 0.15) is 11.1 Å². The Balaban J connectivity index is 1.71. The number of benzene rings is 2. The van der Waals surface area contributed by atoms with E-state index >= 15 is 0 Å². The second-order valence-corrected chi connectivity index (χ2v) is 5.17. The third-order valence-electron chi connectivity index (χ3n) is 3.07. The fourth-order valence-corrected chi connectivity index (χ4v) is 2.36. The molecule has 0 aliphatic rings. The molecule has 3 aromatic rings. The lowest BCUT2D eigenvalue weighted by molar-refractivity contribution is -0.689. The normalized spacial score (nSPS) is 10.7. The Morgan fingerprint density at radius 1 is 1.00 bits per heavy atom. The van der Waals surface area contributed by atoms with Crippen molar-refractivity contribution in [1.29, 1.82) is 0 Å². The average molecular weight is 285 g/mol. The number of aromatic nitrogens is 3. The number of nitrogens with zero attached hydrogens (tertiary/aromatic N) is 3. The average Bonchev–Trinajstić information content (AvgIpc) is 2.87. The van der Waals surface area contributed by atoms with Gasteiger partial charge in [0.15, 0.2) is 0 Å². The Morgan fingerprint density at radius 3 is 2.60 bits per heavy atom. The van der Waals surface area contributed by atoms with Crippen molar-refractivity contribution in [2.24, 2.45) is 0 Å². The lowest BCUT2D eigenvalue weighted by Gasteiger charge is -1.98. The van der Waals surface area contributed by atoms with E-state index in [1.54, 1.807) is 0 Å². The minimum atomic E-state index is 0.764. The first-order valence-corrected chi connectivity index (χ1v) is 6.87. The maximum Gasteiger partial charge on any atom is 0.265 e. The summed E-state index contributed by atoms with van der Waals surface area (Å²) in [6, 6.07) is 18.2. The summed E-state index contributed by atoms with van der Waals surface area (Å²) in [4.78, 5) is 0. The molecular formula is C16H15ClN3+. The van der Waals surface area contributed by atoms with Crippen LogP contribution in [-0.2, 0) is 13.1 Å². The fraction of sp³-hybridized carbons (Fsp3) is 0.125. The summed E-state index contributed by atoms with van der Waals surface area (Å²) < 4.78 is 3.98. The molecule has 0 amide bonds. The first kappa shape index (κ1) is 12.9. The molecule has 0 atom stereocenters. The summed E-state index contributed by atoms with van der Waals surface area (Å²) >= 11 is 5.99. The zero-order valence-corrected chi connectivity index (χ0v) is 11.7. The molecular weight excluding hydrogens is 270 g/mol. The van der Waals surface area contributed by atoms with E-state index in [1.807, 2.05) is 53.7 Å². The molecule has 0 saturated carbocycles. The van der Waals surface area contributed by atoms with Crippen LogP contribution in [-0.4, -0.2) is 9.78 Å². The molecule has 0 saturated heterocycles. The monoisotopic (exact) mass is 284 g/mol. The largest absolute Gasteiger partial charge is 0.265 e. The molecule has 0 radical (unpaired) electrons. The van der Waals surface area contributed by atoms with Gasteiger partial charge in [0.05, 0.1) is 6.54 Å². The van der Waals surface area contributed by atoms with Crippen molar-refractivity contribution in [3.63, 3.8) is 0 Å². The van der Waals surface area contributed by atoms with Gasteiger partial charge >= 0.3 is 0 Å². The van der Waals surface area contributed by atoms with Gasteiger partial charge in [0.2, 0.25) is 6.33 Å². The summed E-state index contributed by atoms with van der Waals surface area (Å²) in [5.74, 6) is 0. The van der Waals surface area contributed by atoms with E-state index in [2.05, 4.69) is 27.9 Å². The van der Waals surface area contributed by atoms with Crippen LogP contribution >= 0.6 is 11.6 Å². The van der Waals surface area contributed by atoms with Crippen LogP contribution in [0, 0.1) is 0 Å². The zero-order chi connectivity index (χ0) is 13.8. The summed E-state index contributed by atoms with van der Waals surface area (Å²) in [6.07, 6.45) is 3.84. The van der Waals surface area contributed by atoms with Gasteiger partial charge in [-0.05, 0) is 23.3 Å². The van der Waals surface area contributed by atoms with Crippen LogP contribution in [0.5, 0.6) is 0 Å². The van der Waals surface area contributed by atoms with Crippen molar-refractivity contribution in [1.82, 2.24) is 9.78 Å². The van der Waals surface area contributed by atoms with E-state index in [9.17, 15) is 0 Å². The minimum Gasteiger partial charge on any atom is -0.233 e. The lowest BCUT2D eigenvalue weighted by atomic mass is 10.2. The Hall–Kier alpha value is -2.13. The first-order chi connectivity index (χ1) is 9.79. The molecule has 3 rings (SSSR count). The maximum absolute atomic E-state index is 5.99. The Labute approximate surface area is 123 Å². The van der Waals surface area contributed by atoms with E-state index in [0.29, 0.717) is 0 Å². The summed E-state index contributed by atoms with van der Waals surface area (Å²) in [6.45, 7) is 1.55. The van der Waals surface area contributed by atoms with Crippen LogP contribution < -0.4 is 4.57 Å². The van der Waals surface area contributed by atoms with Gasteiger partial charge in [-0.15, -0.1) is 4.68 Å². The molecule has 0 spiro atoms. The van der Waals surface area contributed by atoms with E-state index < -0.39 is 0 Å². The molecule has 0 aliphatic carbocycles. The Kier molecular flexibility index (Phi) is 3.79. The van der Waals surface area contributed by atoms with Crippen molar-refractivity contribution < 1.29 is 4.57 Å². The molecule has 0 aliphatic heterocycles. The Morgan fingerprint density at radius 2 is 1.80 bits per heavy atom. The van der Waals surface area contributed by atoms with Crippen molar-refractivity contribution in [2.75, 3.05) is 0 Å². The predicted molar refractivity (Wildman–Crippen MR) is 78.5 cm³/mol. The second-order valence-electron chi connectivity index (χ2n) is 4.73. The smallest absolute Gasteiger partial charge is 0.233 e. The molecule has 4 heteroatoms. The van der Waals surface area contributed by atoms with Gasteiger partial charge in [-0.25, -0.2) is 4.57 Å². The number of halogens is 1. The fourth-order valence-electron chi connectivity index (χ4n) is 2.14. The highest BCUT2D eigenvalue weighted by Gasteiger charge is 2.07. The van der Waals surface area contributed by atoms with E-state index in [4.69, 9.17) is 11.6 Å². The van der Waals surface area contributed by atoms with Gasteiger partial charge in [0, 0.05) is 10.1 Å². The van der Waals surface area contributed by atoms with Gasteiger partial charge in [0.1, 0.15) is 6.54 Å². The zero-order valence-electron chi connectivity index (χ0n) is 11.0. The quantitative estimate of drug-likeness (QED) is 0.675. The van der Waals surface area contributed by atoms with E-state index in [-0.39, 0.29) is 0 Å². The van der Waals surface area contributed by atoms with Crippen LogP contribution in [0.15, 0.2) is 67.3 Å². The molecule has 20 heavy (non-hydrogen) atoms. The SMILES string of the molecule is Clc1cccc(C[n+]2cnn(Cc3ccccc3)c2)c1. The maximum atomic E-state index is 5.99. The van der Waals surface area contributed by atoms with E-state index in [0.717, 1.165) is 18.1 Å². The predicted octanol–water partition coefficient (Wildman–Crippen LogP) is 2.92. The molecule has 0 fully saturated rings.